The molecule has 0 amide bonds. The number of aliphatic hydroxyl groups excluding tert-OH is 1. The lowest BCUT2D eigenvalue weighted by atomic mass is 10.0. The standard InChI is InChI=1S/C25H26FNO4/c1-16(2)27-22-7-5-4-6-21(22)25(17-8-10-18(26)11-9-17)23(27)13-12-19(28)14-20(29)15-24(30)31-3/h4-13,16,20,29H,14-15H2,1-3H3/b13-12+/t20-/m1/s1. The maximum Gasteiger partial charge on any atom is 0.308 e. The van der Waals surface area contributed by atoms with Gasteiger partial charge in [0.2, 0.25) is 0 Å². The number of carbonyl (C=O) groups is 2. The fraction of sp³-hybridized carbons (Fsp3) is 0.280. The highest BCUT2D eigenvalue weighted by molar-refractivity contribution is 6.03. The third-order valence-electron chi connectivity index (χ3n) is 5.09. The molecular formula is C25H26FNO4. The normalized spacial score (nSPS) is 12.6. The van der Waals surface area contributed by atoms with E-state index >= 15 is 0 Å². The molecule has 0 aliphatic rings. The van der Waals surface area contributed by atoms with Gasteiger partial charge in [0, 0.05) is 28.9 Å². The summed E-state index contributed by atoms with van der Waals surface area (Å²) in [5.74, 6) is -1.19. The van der Waals surface area contributed by atoms with Crippen LogP contribution in [0, 0.1) is 5.82 Å². The monoisotopic (exact) mass is 423 g/mol. The number of rotatable bonds is 8. The lowest BCUT2D eigenvalue weighted by Gasteiger charge is -2.14. The van der Waals surface area contributed by atoms with Crippen LogP contribution in [0.4, 0.5) is 4.39 Å². The number of esters is 1. The second-order valence-electron chi connectivity index (χ2n) is 7.69. The maximum absolute atomic E-state index is 13.5. The largest absolute Gasteiger partial charge is 0.469 e. The molecule has 6 heteroatoms. The third kappa shape index (κ3) is 5.09. The molecule has 3 rings (SSSR count). The molecule has 0 radical (unpaired) electrons. The number of para-hydroxylation sites is 1. The third-order valence-corrected chi connectivity index (χ3v) is 5.09. The van der Waals surface area contributed by atoms with Gasteiger partial charge in [-0.25, -0.2) is 4.39 Å². The Balaban J connectivity index is 2.04. The zero-order valence-corrected chi connectivity index (χ0v) is 17.8. The number of allylic oxidation sites excluding steroid dienone is 1. The van der Waals surface area contributed by atoms with E-state index in [0.29, 0.717) is 0 Å². The number of nitrogens with zero attached hydrogens (tertiary/aromatic N) is 1. The Bertz CT molecular complexity index is 1110. The van der Waals surface area contributed by atoms with Gasteiger partial charge < -0.3 is 14.4 Å². The molecular weight excluding hydrogens is 397 g/mol. The van der Waals surface area contributed by atoms with Gasteiger partial charge in [0.1, 0.15) is 5.82 Å². The van der Waals surface area contributed by atoms with Crippen LogP contribution in [0.1, 0.15) is 38.4 Å². The van der Waals surface area contributed by atoms with Gasteiger partial charge >= 0.3 is 5.97 Å². The van der Waals surface area contributed by atoms with Crippen LogP contribution in [0.2, 0.25) is 0 Å². The Hall–Kier alpha value is -3.25. The second kappa shape index (κ2) is 9.71. The summed E-state index contributed by atoms with van der Waals surface area (Å²) >= 11 is 0. The first kappa shape index (κ1) is 22.4. The highest BCUT2D eigenvalue weighted by Crippen LogP contribution is 2.37. The predicted octanol–water partition coefficient (Wildman–Crippen LogP) is 4.92. The first-order chi connectivity index (χ1) is 14.8. The molecule has 0 spiro atoms. The minimum absolute atomic E-state index is 0.110. The van der Waals surface area contributed by atoms with Crippen molar-refractivity contribution < 1.29 is 23.8 Å². The van der Waals surface area contributed by atoms with Gasteiger partial charge in [0.15, 0.2) is 5.78 Å². The Labute approximate surface area is 180 Å². The number of benzene rings is 2. The molecule has 1 atom stereocenters. The summed E-state index contributed by atoms with van der Waals surface area (Å²) in [5.41, 5.74) is 3.58. The van der Waals surface area contributed by atoms with Crippen molar-refractivity contribution in [2.24, 2.45) is 0 Å². The number of aromatic nitrogens is 1. The molecule has 162 valence electrons. The van der Waals surface area contributed by atoms with Crippen LogP contribution in [-0.2, 0) is 14.3 Å². The smallest absolute Gasteiger partial charge is 0.308 e. The van der Waals surface area contributed by atoms with Crippen LogP contribution in [0.15, 0.2) is 54.6 Å². The molecule has 0 saturated carbocycles. The topological polar surface area (TPSA) is 68.5 Å². The van der Waals surface area contributed by atoms with E-state index in [1.54, 1.807) is 18.2 Å². The van der Waals surface area contributed by atoms with E-state index in [1.807, 2.05) is 24.3 Å². The van der Waals surface area contributed by atoms with Gasteiger partial charge in [-0.1, -0.05) is 30.3 Å². The van der Waals surface area contributed by atoms with E-state index in [9.17, 15) is 19.1 Å². The number of fused-ring (bicyclic) bond motifs is 1. The minimum Gasteiger partial charge on any atom is -0.469 e. The van der Waals surface area contributed by atoms with Crippen molar-refractivity contribution in [3.05, 3.63) is 66.1 Å². The zero-order valence-electron chi connectivity index (χ0n) is 17.8. The zero-order chi connectivity index (χ0) is 22.5. The molecule has 2 aromatic carbocycles. The van der Waals surface area contributed by atoms with Gasteiger partial charge in [-0.3, -0.25) is 9.59 Å². The molecule has 31 heavy (non-hydrogen) atoms. The van der Waals surface area contributed by atoms with Gasteiger partial charge in [-0.15, -0.1) is 0 Å². The summed E-state index contributed by atoms with van der Waals surface area (Å²) in [6.07, 6.45) is 1.63. The molecule has 0 aliphatic carbocycles. The van der Waals surface area contributed by atoms with Crippen molar-refractivity contribution in [3.8, 4) is 11.1 Å². The lowest BCUT2D eigenvalue weighted by molar-refractivity contribution is -0.143. The second-order valence-corrected chi connectivity index (χ2v) is 7.69. The number of aliphatic hydroxyl groups is 1. The number of ether oxygens (including phenoxy) is 1. The van der Waals surface area contributed by atoms with Crippen LogP contribution in [-0.4, -0.2) is 34.6 Å². The minimum atomic E-state index is -1.10. The Morgan fingerprint density at radius 2 is 1.77 bits per heavy atom. The van der Waals surface area contributed by atoms with Crippen LogP contribution in [0.3, 0.4) is 0 Å². The van der Waals surface area contributed by atoms with E-state index in [-0.39, 0.29) is 30.5 Å². The van der Waals surface area contributed by atoms with Crippen molar-refractivity contribution in [3.63, 3.8) is 0 Å². The van der Waals surface area contributed by atoms with Crippen LogP contribution in [0.5, 0.6) is 0 Å². The Morgan fingerprint density at radius 1 is 1.10 bits per heavy atom. The molecule has 0 fully saturated rings. The van der Waals surface area contributed by atoms with E-state index in [0.717, 1.165) is 27.7 Å². The van der Waals surface area contributed by atoms with E-state index < -0.39 is 12.1 Å². The first-order valence-corrected chi connectivity index (χ1v) is 10.2. The maximum atomic E-state index is 13.5. The van der Waals surface area contributed by atoms with Crippen molar-refractivity contribution >= 4 is 28.7 Å². The molecule has 5 nitrogen and oxygen atoms in total. The van der Waals surface area contributed by atoms with Crippen molar-refractivity contribution in [2.75, 3.05) is 7.11 Å². The van der Waals surface area contributed by atoms with Crippen molar-refractivity contribution in [2.45, 2.75) is 38.8 Å². The van der Waals surface area contributed by atoms with Gasteiger partial charge in [0.25, 0.3) is 0 Å². The average Bonchev–Trinajstić information content (AvgIpc) is 3.07. The van der Waals surface area contributed by atoms with Gasteiger partial charge in [0.05, 0.1) is 25.3 Å². The van der Waals surface area contributed by atoms with Crippen molar-refractivity contribution in [1.82, 2.24) is 4.57 Å². The fourth-order valence-electron chi connectivity index (χ4n) is 3.74. The highest BCUT2D eigenvalue weighted by atomic mass is 19.1. The van der Waals surface area contributed by atoms with E-state index in [2.05, 4.69) is 23.2 Å². The molecule has 1 heterocycles. The molecule has 0 unspecified atom stereocenters. The van der Waals surface area contributed by atoms with Gasteiger partial charge in [-0.05, 0) is 49.8 Å². The number of methoxy groups -OCH3 is 1. The lowest BCUT2D eigenvalue weighted by Crippen LogP contribution is -2.17. The Kier molecular flexibility index (Phi) is 7.02. The average molecular weight is 423 g/mol. The van der Waals surface area contributed by atoms with Crippen LogP contribution in [0.25, 0.3) is 28.1 Å². The summed E-state index contributed by atoms with van der Waals surface area (Å²) < 4.78 is 20.2. The summed E-state index contributed by atoms with van der Waals surface area (Å²) in [6, 6.07) is 14.3. The predicted molar refractivity (Wildman–Crippen MR) is 119 cm³/mol. The Morgan fingerprint density at radius 3 is 2.42 bits per heavy atom. The van der Waals surface area contributed by atoms with Crippen LogP contribution < -0.4 is 0 Å². The fourth-order valence-corrected chi connectivity index (χ4v) is 3.74. The molecule has 0 bridgehead atoms. The summed E-state index contributed by atoms with van der Waals surface area (Å²) in [6.45, 7) is 4.11. The van der Waals surface area contributed by atoms with Gasteiger partial charge in [-0.2, -0.15) is 0 Å². The summed E-state index contributed by atoms with van der Waals surface area (Å²) in [4.78, 5) is 23.7. The van der Waals surface area contributed by atoms with Crippen LogP contribution >= 0.6 is 0 Å². The number of ketones is 1. The number of hydrogen-bond acceptors (Lipinski definition) is 4. The number of halogens is 1. The summed E-state index contributed by atoms with van der Waals surface area (Å²) in [5, 5.41) is 10.9. The van der Waals surface area contributed by atoms with E-state index in [1.165, 1.54) is 25.3 Å². The summed E-state index contributed by atoms with van der Waals surface area (Å²) in [7, 11) is 1.23. The molecule has 0 saturated heterocycles. The molecule has 3 aromatic rings. The number of carbonyl (C=O) groups excluding carboxylic acids is 2. The molecule has 1 N–H and O–H groups in total. The SMILES string of the molecule is COC(=O)C[C@H](O)CC(=O)/C=C/c1c(-c2ccc(F)cc2)c2ccccc2n1C(C)C. The van der Waals surface area contributed by atoms with Crippen molar-refractivity contribution in [1.29, 1.82) is 0 Å². The quantitative estimate of drug-likeness (QED) is 0.412. The highest BCUT2D eigenvalue weighted by Gasteiger charge is 2.19. The molecule has 1 aromatic heterocycles. The van der Waals surface area contributed by atoms with E-state index in [4.69, 9.17) is 0 Å². The first-order valence-electron chi connectivity index (χ1n) is 10.2. The molecule has 0 aliphatic heterocycles. The number of hydrogen-bond donors (Lipinski definition) is 1.